The number of hydrogen-bond donors (Lipinski definition) is 1. The van der Waals surface area contributed by atoms with Crippen LogP contribution in [0.5, 0.6) is 5.75 Å². The Bertz CT molecular complexity index is 551. The number of rotatable bonds is 8. The maximum absolute atomic E-state index is 12.2. The summed E-state index contributed by atoms with van der Waals surface area (Å²) in [6.07, 6.45) is 4.89. The standard InChI is InChI=1S/C21H34N2O2/c1-5-17(2)18-11-7-8-12-19(18)25-15-20(24)22-16-21(3,4)23-13-9-6-10-14-23/h7-8,11-12,17H,5-6,9-10,13-16H2,1-4H3,(H,22,24). The van der Waals surface area contributed by atoms with Gasteiger partial charge in [0.25, 0.3) is 5.91 Å². The Balaban J connectivity index is 1.83. The lowest BCUT2D eigenvalue weighted by atomic mass is 9.98. The summed E-state index contributed by atoms with van der Waals surface area (Å²) in [5, 5.41) is 3.05. The van der Waals surface area contributed by atoms with Gasteiger partial charge in [-0.2, -0.15) is 0 Å². The van der Waals surface area contributed by atoms with Crippen LogP contribution in [-0.2, 0) is 4.79 Å². The van der Waals surface area contributed by atoms with Gasteiger partial charge in [0.05, 0.1) is 0 Å². The van der Waals surface area contributed by atoms with Gasteiger partial charge in [0.2, 0.25) is 0 Å². The van der Waals surface area contributed by atoms with Crippen molar-refractivity contribution in [2.75, 3.05) is 26.2 Å². The van der Waals surface area contributed by atoms with E-state index in [9.17, 15) is 4.79 Å². The number of benzene rings is 1. The Morgan fingerprint density at radius 3 is 2.60 bits per heavy atom. The normalized spacial score (nSPS) is 17.1. The van der Waals surface area contributed by atoms with Crippen molar-refractivity contribution in [2.45, 2.75) is 64.8 Å². The fourth-order valence-corrected chi connectivity index (χ4v) is 3.36. The van der Waals surface area contributed by atoms with Crippen LogP contribution in [0.4, 0.5) is 0 Å². The number of piperidine rings is 1. The molecule has 1 aromatic carbocycles. The molecule has 1 saturated heterocycles. The van der Waals surface area contributed by atoms with E-state index in [0.29, 0.717) is 12.5 Å². The second-order valence-electron chi connectivity index (χ2n) is 7.77. The van der Waals surface area contributed by atoms with Gasteiger partial charge in [0.15, 0.2) is 6.61 Å². The summed E-state index contributed by atoms with van der Waals surface area (Å²) in [6.45, 7) is 11.7. The Hall–Kier alpha value is -1.55. The van der Waals surface area contributed by atoms with E-state index in [1.165, 1.54) is 24.8 Å². The Kier molecular flexibility index (Phi) is 7.30. The Morgan fingerprint density at radius 1 is 1.24 bits per heavy atom. The molecule has 1 aliphatic rings. The van der Waals surface area contributed by atoms with Gasteiger partial charge in [-0.3, -0.25) is 9.69 Å². The van der Waals surface area contributed by atoms with E-state index in [0.717, 1.165) is 25.3 Å². The van der Waals surface area contributed by atoms with Crippen LogP contribution in [-0.4, -0.2) is 42.6 Å². The van der Waals surface area contributed by atoms with Gasteiger partial charge in [-0.05, 0) is 63.7 Å². The second kappa shape index (κ2) is 9.23. The van der Waals surface area contributed by atoms with E-state index >= 15 is 0 Å². The molecule has 1 unspecified atom stereocenters. The van der Waals surface area contributed by atoms with E-state index < -0.39 is 0 Å². The van der Waals surface area contributed by atoms with Gasteiger partial charge in [0.1, 0.15) is 5.75 Å². The summed E-state index contributed by atoms with van der Waals surface area (Å²) in [4.78, 5) is 14.7. The fourth-order valence-electron chi connectivity index (χ4n) is 3.36. The van der Waals surface area contributed by atoms with Gasteiger partial charge in [-0.25, -0.2) is 0 Å². The minimum atomic E-state index is -0.0518. The molecule has 140 valence electrons. The topological polar surface area (TPSA) is 41.6 Å². The highest BCUT2D eigenvalue weighted by Gasteiger charge is 2.28. The van der Waals surface area contributed by atoms with E-state index in [4.69, 9.17) is 4.74 Å². The first kappa shape index (κ1) is 19.8. The highest BCUT2D eigenvalue weighted by molar-refractivity contribution is 5.77. The quantitative estimate of drug-likeness (QED) is 0.775. The van der Waals surface area contributed by atoms with Gasteiger partial charge < -0.3 is 10.1 Å². The van der Waals surface area contributed by atoms with Gasteiger partial charge in [-0.1, -0.05) is 38.5 Å². The number of ether oxygens (including phenoxy) is 1. The van der Waals surface area contributed by atoms with E-state index in [1.807, 2.05) is 18.2 Å². The highest BCUT2D eigenvalue weighted by atomic mass is 16.5. The predicted octanol–water partition coefficient (Wildman–Crippen LogP) is 3.96. The molecule has 0 saturated carbocycles. The van der Waals surface area contributed by atoms with Crippen LogP contribution < -0.4 is 10.1 Å². The highest BCUT2D eigenvalue weighted by Crippen LogP contribution is 2.28. The first-order valence-electron chi connectivity index (χ1n) is 9.67. The zero-order valence-corrected chi connectivity index (χ0v) is 16.3. The third-order valence-electron chi connectivity index (χ3n) is 5.35. The van der Waals surface area contributed by atoms with E-state index in [-0.39, 0.29) is 18.1 Å². The Labute approximate surface area is 152 Å². The molecule has 4 heteroatoms. The number of nitrogens with one attached hydrogen (secondary N) is 1. The van der Waals surface area contributed by atoms with Crippen LogP contribution in [0.25, 0.3) is 0 Å². The molecule has 25 heavy (non-hydrogen) atoms. The van der Waals surface area contributed by atoms with Crippen molar-refractivity contribution in [3.8, 4) is 5.75 Å². The molecule has 2 rings (SSSR count). The first-order chi connectivity index (χ1) is 11.9. The molecule has 0 spiro atoms. The summed E-state index contributed by atoms with van der Waals surface area (Å²) in [7, 11) is 0. The average Bonchev–Trinajstić information content (AvgIpc) is 2.65. The molecule has 0 aliphatic carbocycles. The lowest BCUT2D eigenvalue weighted by Gasteiger charge is -2.41. The summed E-state index contributed by atoms with van der Waals surface area (Å²) >= 11 is 0. The van der Waals surface area contributed by atoms with Crippen LogP contribution in [0.3, 0.4) is 0 Å². The molecule has 4 nitrogen and oxygen atoms in total. The maximum atomic E-state index is 12.2. The zero-order valence-electron chi connectivity index (χ0n) is 16.3. The van der Waals surface area contributed by atoms with Gasteiger partial charge >= 0.3 is 0 Å². The molecule has 1 heterocycles. The molecule has 1 aromatic rings. The number of likely N-dealkylation sites (tertiary alicyclic amines) is 1. The summed E-state index contributed by atoms with van der Waals surface area (Å²) in [5.41, 5.74) is 1.16. The second-order valence-corrected chi connectivity index (χ2v) is 7.77. The van der Waals surface area contributed by atoms with Gasteiger partial charge in [0, 0.05) is 12.1 Å². The van der Waals surface area contributed by atoms with Crippen LogP contribution in [0, 0.1) is 0 Å². The molecule has 0 radical (unpaired) electrons. The number of para-hydroxylation sites is 1. The zero-order chi connectivity index (χ0) is 18.3. The van der Waals surface area contributed by atoms with Crippen LogP contribution >= 0.6 is 0 Å². The van der Waals surface area contributed by atoms with Gasteiger partial charge in [-0.15, -0.1) is 0 Å². The third-order valence-corrected chi connectivity index (χ3v) is 5.35. The number of nitrogens with zero attached hydrogens (tertiary/aromatic N) is 1. The predicted molar refractivity (Wildman–Crippen MR) is 103 cm³/mol. The molecule has 0 bridgehead atoms. The lowest BCUT2D eigenvalue weighted by Crippen LogP contribution is -2.53. The van der Waals surface area contributed by atoms with Crippen molar-refractivity contribution >= 4 is 5.91 Å². The van der Waals surface area contributed by atoms with Crippen molar-refractivity contribution in [2.24, 2.45) is 0 Å². The number of hydrogen-bond acceptors (Lipinski definition) is 3. The molecular weight excluding hydrogens is 312 g/mol. The van der Waals surface area contributed by atoms with E-state index in [1.54, 1.807) is 0 Å². The molecule has 1 amide bonds. The lowest BCUT2D eigenvalue weighted by molar-refractivity contribution is -0.123. The molecule has 1 N–H and O–H groups in total. The maximum Gasteiger partial charge on any atom is 0.258 e. The first-order valence-corrected chi connectivity index (χ1v) is 9.67. The minimum Gasteiger partial charge on any atom is -0.483 e. The number of carbonyl (C=O) groups is 1. The van der Waals surface area contributed by atoms with Crippen LogP contribution in [0.2, 0.25) is 0 Å². The number of carbonyl (C=O) groups excluding carboxylic acids is 1. The van der Waals surface area contributed by atoms with Crippen molar-refractivity contribution < 1.29 is 9.53 Å². The summed E-state index contributed by atoms with van der Waals surface area (Å²) in [5.74, 6) is 1.20. The summed E-state index contributed by atoms with van der Waals surface area (Å²) < 4.78 is 5.81. The SMILES string of the molecule is CCC(C)c1ccccc1OCC(=O)NCC(C)(C)N1CCCCC1. The third kappa shape index (κ3) is 5.74. The van der Waals surface area contributed by atoms with E-state index in [2.05, 4.69) is 44.0 Å². The minimum absolute atomic E-state index is 0.00921. The van der Waals surface area contributed by atoms with Crippen molar-refractivity contribution in [3.63, 3.8) is 0 Å². The van der Waals surface area contributed by atoms with Crippen LogP contribution in [0.15, 0.2) is 24.3 Å². The number of amides is 1. The fraction of sp³-hybridized carbons (Fsp3) is 0.667. The monoisotopic (exact) mass is 346 g/mol. The van der Waals surface area contributed by atoms with Crippen molar-refractivity contribution in [3.05, 3.63) is 29.8 Å². The molecular formula is C21H34N2O2. The van der Waals surface area contributed by atoms with Crippen LogP contribution in [0.1, 0.15) is 64.9 Å². The largest absolute Gasteiger partial charge is 0.483 e. The molecule has 1 aliphatic heterocycles. The average molecular weight is 347 g/mol. The molecule has 1 fully saturated rings. The molecule has 0 aromatic heterocycles. The smallest absolute Gasteiger partial charge is 0.258 e. The Morgan fingerprint density at radius 2 is 1.92 bits per heavy atom. The summed E-state index contributed by atoms with van der Waals surface area (Å²) in [6, 6.07) is 8.02. The van der Waals surface area contributed by atoms with Crippen molar-refractivity contribution in [1.82, 2.24) is 10.2 Å². The molecule has 1 atom stereocenters. The van der Waals surface area contributed by atoms with Crippen molar-refractivity contribution in [1.29, 1.82) is 0 Å².